The largest absolute Gasteiger partial charge is 0.481 e. The highest BCUT2D eigenvalue weighted by Gasteiger charge is 2.34. The minimum atomic E-state index is -0.886. The van der Waals surface area contributed by atoms with Gasteiger partial charge in [0.1, 0.15) is 6.04 Å². The van der Waals surface area contributed by atoms with Gasteiger partial charge in [-0.05, 0) is 30.9 Å². The Morgan fingerprint density at radius 3 is 2.70 bits per heavy atom. The molecular weight excluding hydrogens is 300 g/mol. The van der Waals surface area contributed by atoms with E-state index in [1.54, 1.807) is 6.07 Å². The van der Waals surface area contributed by atoms with Crippen LogP contribution in [0.2, 0.25) is 0 Å². The second-order valence-electron chi connectivity index (χ2n) is 6.13. The number of likely N-dealkylation sites (tertiary alicyclic amines) is 1. The molecule has 0 aliphatic carbocycles. The summed E-state index contributed by atoms with van der Waals surface area (Å²) in [6.07, 6.45) is 2.62. The van der Waals surface area contributed by atoms with E-state index in [0.29, 0.717) is 19.4 Å². The maximum Gasteiger partial charge on any atom is 0.308 e. The summed E-state index contributed by atoms with van der Waals surface area (Å²) in [5.74, 6) is -2.10. The molecule has 0 bridgehead atoms. The van der Waals surface area contributed by atoms with E-state index in [9.17, 15) is 14.4 Å². The number of hydrogen-bond acceptors (Lipinski definition) is 4. The van der Waals surface area contributed by atoms with E-state index in [1.807, 2.05) is 13.8 Å². The van der Waals surface area contributed by atoms with E-state index in [1.165, 1.54) is 17.2 Å². The summed E-state index contributed by atoms with van der Waals surface area (Å²) < 4.78 is 5.03. The number of nitrogens with zero attached hydrogens (tertiary/aromatic N) is 1. The molecule has 1 fully saturated rings. The van der Waals surface area contributed by atoms with Crippen molar-refractivity contribution in [3.8, 4) is 0 Å². The summed E-state index contributed by atoms with van der Waals surface area (Å²) >= 11 is 0. The minimum absolute atomic E-state index is 0.119. The predicted molar refractivity (Wildman–Crippen MR) is 81.7 cm³/mol. The van der Waals surface area contributed by atoms with Crippen LogP contribution in [0.25, 0.3) is 0 Å². The summed E-state index contributed by atoms with van der Waals surface area (Å²) in [5.41, 5.74) is 0. The number of hydrogen-bond donors (Lipinski definition) is 2. The summed E-state index contributed by atoms with van der Waals surface area (Å²) in [5, 5.41) is 11.8. The molecule has 1 aliphatic rings. The molecule has 2 unspecified atom stereocenters. The third-order valence-electron chi connectivity index (χ3n) is 4.05. The molecule has 0 saturated carbocycles. The van der Waals surface area contributed by atoms with Crippen LogP contribution in [0, 0.1) is 11.8 Å². The van der Waals surface area contributed by atoms with Crippen molar-refractivity contribution in [3.05, 3.63) is 24.2 Å². The van der Waals surface area contributed by atoms with Crippen LogP contribution in [0.1, 0.15) is 37.2 Å². The molecule has 0 aromatic carbocycles. The first-order valence-electron chi connectivity index (χ1n) is 7.76. The molecule has 0 spiro atoms. The molecule has 2 heterocycles. The van der Waals surface area contributed by atoms with Crippen molar-refractivity contribution < 1.29 is 23.9 Å². The number of carboxylic acid groups (broad SMARTS) is 1. The van der Waals surface area contributed by atoms with Gasteiger partial charge in [0.15, 0.2) is 5.76 Å². The number of furan rings is 1. The van der Waals surface area contributed by atoms with Crippen molar-refractivity contribution in [2.24, 2.45) is 11.8 Å². The maximum atomic E-state index is 12.7. The van der Waals surface area contributed by atoms with Crippen molar-refractivity contribution in [2.75, 3.05) is 13.1 Å². The van der Waals surface area contributed by atoms with Crippen molar-refractivity contribution in [2.45, 2.75) is 32.7 Å². The standard InChI is InChI=1S/C16H22N2O5/c1-10(2)13(17-14(19)12-6-4-8-23-12)15(20)18-7-3-5-11(9-18)16(21)22/h4,6,8,10-11,13H,3,5,7,9H2,1-2H3,(H,17,19)(H,21,22). The average Bonchev–Trinajstić information content (AvgIpc) is 3.06. The Labute approximate surface area is 134 Å². The van der Waals surface area contributed by atoms with Crippen LogP contribution in [0.4, 0.5) is 0 Å². The minimum Gasteiger partial charge on any atom is -0.481 e. The lowest BCUT2D eigenvalue weighted by Gasteiger charge is -2.34. The van der Waals surface area contributed by atoms with Gasteiger partial charge in [0.2, 0.25) is 5.91 Å². The molecule has 1 aromatic heterocycles. The number of rotatable bonds is 5. The zero-order valence-corrected chi connectivity index (χ0v) is 13.3. The molecule has 23 heavy (non-hydrogen) atoms. The van der Waals surface area contributed by atoms with Crippen molar-refractivity contribution >= 4 is 17.8 Å². The summed E-state index contributed by atoms with van der Waals surface area (Å²) in [7, 11) is 0. The number of carbonyl (C=O) groups is 3. The lowest BCUT2D eigenvalue weighted by Crippen LogP contribution is -2.54. The first-order valence-corrected chi connectivity index (χ1v) is 7.76. The highest BCUT2D eigenvalue weighted by Crippen LogP contribution is 2.19. The van der Waals surface area contributed by atoms with Gasteiger partial charge >= 0.3 is 5.97 Å². The van der Waals surface area contributed by atoms with E-state index in [4.69, 9.17) is 9.52 Å². The molecule has 7 nitrogen and oxygen atoms in total. The fraction of sp³-hybridized carbons (Fsp3) is 0.562. The molecule has 1 aliphatic heterocycles. The number of amides is 2. The number of carboxylic acids is 1. The van der Waals surface area contributed by atoms with Gasteiger partial charge in [-0.3, -0.25) is 14.4 Å². The van der Waals surface area contributed by atoms with Gasteiger partial charge in [-0.15, -0.1) is 0 Å². The van der Waals surface area contributed by atoms with Gasteiger partial charge in [0.25, 0.3) is 5.91 Å². The van der Waals surface area contributed by atoms with E-state index in [0.717, 1.165) is 0 Å². The molecule has 126 valence electrons. The lowest BCUT2D eigenvalue weighted by molar-refractivity contribution is -0.146. The number of piperidine rings is 1. The Balaban J connectivity index is 2.06. The first kappa shape index (κ1) is 17.1. The van der Waals surface area contributed by atoms with E-state index < -0.39 is 23.8 Å². The van der Waals surface area contributed by atoms with Crippen molar-refractivity contribution in [3.63, 3.8) is 0 Å². The smallest absolute Gasteiger partial charge is 0.308 e. The normalized spacial score (nSPS) is 19.4. The molecule has 1 aromatic rings. The van der Waals surface area contributed by atoms with Crippen molar-refractivity contribution in [1.29, 1.82) is 0 Å². The number of nitrogens with one attached hydrogen (secondary N) is 1. The summed E-state index contributed by atoms with van der Waals surface area (Å²) in [4.78, 5) is 37.5. The first-order chi connectivity index (χ1) is 10.9. The fourth-order valence-corrected chi connectivity index (χ4v) is 2.71. The molecule has 2 amide bonds. The molecule has 7 heteroatoms. The van der Waals surface area contributed by atoms with E-state index in [-0.39, 0.29) is 24.1 Å². The van der Waals surface area contributed by atoms with Crippen LogP contribution in [0.3, 0.4) is 0 Å². The Bertz CT molecular complexity index is 567. The topological polar surface area (TPSA) is 99.9 Å². The number of carbonyl (C=O) groups excluding carboxylic acids is 2. The third kappa shape index (κ3) is 4.12. The van der Waals surface area contributed by atoms with Gasteiger partial charge < -0.3 is 19.7 Å². The third-order valence-corrected chi connectivity index (χ3v) is 4.05. The maximum absolute atomic E-state index is 12.7. The Morgan fingerprint density at radius 1 is 1.39 bits per heavy atom. The Hall–Kier alpha value is -2.31. The Kier molecular flexibility index (Phi) is 5.41. The Morgan fingerprint density at radius 2 is 2.13 bits per heavy atom. The van der Waals surface area contributed by atoms with Gasteiger partial charge in [0, 0.05) is 13.1 Å². The zero-order valence-electron chi connectivity index (χ0n) is 13.3. The van der Waals surface area contributed by atoms with E-state index in [2.05, 4.69) is 5.32 Å². The van der Waals surface area contributed by atoms with Crippen LogP contribution in [-0.4, -0.2) is 46.9 Å². The molecule has 2 rings (SSSR count). The zero-order chi connectivity index (χ0) is 17.0. The molecule has 0 radical (unpaired) electrons. The van der Waals surface area contributed by atoms with Crippen molar-refractivity contribution in [1.82, 2.24) is 10.2 Å². The van der Waals surface area contributed by atoms with Crippen LogP contribution < -0.4 is 5.32 Å². The van der Waals surface area contributed by atoms with Crippen LogP contribution in [0.15, 0.2) is 22.8 Å². The SMILES string of the molecule is CC(C)C(NC(=O)c1ccco1)C(=O)N1CCCC(C(=O)O)C1. The second-order valence-corrected chi connectivity index (χ2v) is 6.13. The van der Waals surface area contributed by atoms with Gasteiger partial charge in [-0.2, -0.15) is 0 Å². The predicted octanol–water partition coefficient (Wildman–Crippen LogP) is 1.36. The van der Waals surface area contributed by atoms with Crippen LogP contribution in [0.5, 0.6) is 0 Å². The highest BCUT2D eigenvalue weighted by molar-refractivity contribution is 5.95. The van der Waals surface area contributed by atoms with E-state index >= 15 is 0 Å². The monoisotopic (exact) mass is 322 g/mol. The van der Waals surface area contributed by atoms with Gasteiger partial charge in [-0.25, -0.2) is 0 Å². The quantitative estimate of drug-likeness (QED) is 0.852. The molecule has 1 saturated heterocycles. The molecule has 2 atom stereocenters. The average molecular weight is 322 g/mol. The summed E-state index contributed by atoms with van der Waals surface area (Å²) in [6, 6.07) is 2.42. The number of aliphatic carboxylic acids is 1. The molecule has 2 N–H and O–H groups in total. The summed E-state index contributed by atoms with van der Waals surface area (Å²) in [6.45, 7) is 4.38. The fourth-order valence-electron chi connectivity index (χ4n) is 2.71. The second kappa shape index (κ2) is 7.30. The van der Waals surface area contributed by atoms with Gasteiger partial charge in [0.05, 0.1) is 12.2 Å². The lowest BCUT2D eigenvalue weighted by atomic mass is 9.95. The van der Waals surface area contributed by atoms with Gasteiger partial charge in [-0.1, -0.05) is 13.8 Å². The molecular formula is C16H22N2O5. The highest BCUT2D eigenvalue weighted by atomic mass is 16.4. The van der Waals surface area contributed by atoms with Crippen LogP contribution in [-0.2, 0) is 9.59 Å². The van der Waals surface area contributed by atoms with Crippen LogP contribution >= 0.6 is 0 Å².